The first-order valence-electron chi connectivity index (χ1n) is 9.52. The van der Waals surface area contributed by atoms with Crippen LogP contribution in [0.25, 0.3) is 11.3 Å². The van der Waals surface area contributed by atoms with Crippen molar-refractivity contribution in [1.29, 1.82) is 0 Å². The number of aromatic amines is 1. The molecular weight excluding hydrogens is 489 g/mol. The van der Waals surface area contributed by atoms with Gasteiger partial charge >= 0.3 is 12.2 Å². The predicted molar refractivity (Wildman–Crippen MR) is 111 cm³/mol. The Bertz CT molecular complexity index is 1190. The molecule has 0 aromatic carbocycles. The zero-order chi connectivity index (χ0) is 25.0. The van der Waals surface area contributed by atoms with Crippen molar-refractivity contribution in [1.82, 2.24) is 30.7 Å². The number of H-pyrrole nitrogens is 1. The van der Waals surface area contributed by atoms with E-state index in [9.17, 15) is 26.7 Å². The van der Waals surface area contributed by atoms with E-state index in [-0.39, 0.29) is 45.8 Å². The number of pyridine rings is 1. The van der Waals surface area contributed by atoms with Crippen LogP contribution < -0.4 is 15.4 Å². The number of carbonyl (C=O) groups is 1. The molecule has 0 unspecified atom stereocenters. The minimum Gasteiger partial charge on any atom is -0.471 e. The van der Waals surface area contributed by atoms with Crippen LogP contribution in [-0.4, -0.2) is 44.4 Å². The van der Waals surface area contributed by atoms with Gasteiger partial charge in [-0.1, -0.05) is 11.6 Å². The number of anilines is 1. The summed E-state index contributed by atoms with van der Waals surface area (Å²) in [5, 5.41) is 18.3. The third kappa shape index (κ3) is 6.07. The summed E-state index contributed by atoms with van der Waals surface area (Å²) < 4.78 is 68.8. The van der Waals surface area contributed by atoms with Gasteiger partial charge in [0.2, 0.25) is 5.88 Å². The summed E-state index contributed by atoms with van der Waals surface area (Å²) in [6, 6.07) is 2.08. The van der Waals surface area contributed by atoms with Gasteiger partial charge in [-0.15, -0.1) is 5.10 Å². The number of ether oxygens (including phenoxy) is 1. The highest BCUT2D eigenvalue weighted by Crippen LogP contribution is 2.37. The Balaban J connectivity index is 1.64. The Hall–Kier alpha value is -3.55. The summed E-state index contributed by atoms with van der Waals surface area (Å²) in [6.45, 7) is 2.03. The number of urea groups is 1. The first-order chi connectivity index (χ1) is 16.0. The molecule has 182 valence electrons. The maximum absolute atomic E-state index is 13.2. The Morgan fingerprint density at radius 1 is 1.24 bits per heavy atom. The van der Waals surface area contributed by atoms with Crippen LogP contribution in [0.3, 0.4) is 0 Å². The van der Waals surface area contributed by atoms with E-state index in [1.165, 1.54) is 19.1 Å². The Kier molecular flexibility index (Phi) is 7.49. The lowest BCUT2D eigenvalue weighted by Crippen LogP contribution is -2.28. The summed E-state index contributed by atoms with van der Waals surface area (Å²) in [7, 11) is 0. The van der Waals surface area contributed by atoms with E-state index in [4.69, 9.17) is 16.3 Å². The van der Waals surface area contributed by atoms with E-state index in [0.717, 1.165) is 6.20 Å². The van der Waals surface area contributed by atoms with Crippen molar-refractivity contribution in [2.24, 2.45) is 0 Å². The predicted octanol–water partition coefficient (Wildman–Crippen LogP) is 4.52. The van der Waals surface area contributed by atoms with Gasteiger partial charge in [0.25, 0.3) is 6.43 Å². The first kappa shape index (κ1) is 25.1. The maximum atomic E-state index is 13.2. The van der Waals surface area contributed by atoms with E-state index < -0.39 is 30.9 Å². The average molecular weight is 506 g/mol. The van der Waals surface area contributed by atoms with Crippen LogP contribution in [0.4, 0.5) is 32.4 Å². The van der Waals surface area contributed by atoms with Gasteiger partial charge in [0.05, 0.1) is 35.4 Å². The van der Waals surface area contributed by atoms with Crippen LogP contribution in [-0.2, 0) is 12.7 Å². The minimum atomic E-state index is -4.67. The molecular formula is C19H17ClF5N7O2. The van der Waals surface area contributed by atoms with Gasteiger partial charge in [-0.2, -0.15) is 23.4 Å². The molecule has 0 saturated carbocycles. The van der Waals surface area contributed by atoms with Gasteiger partial charge in [-0.05, 0) is 31.5 Å². The van der Waals surface area contributed by atoms with Crippen molar-refractivity contribution in [3.63, 3.8) is 0 Å². The molecule has 0 atom stereocenters. The quantitative estimate of drug-likeness (QED) is 0.406. The largest absolute Gasteiger partial charge is 0.471 e. The fraction of sp³-hybridized carbons (Fsp3) is 0.316. The summed E-state index contributed by atoms with van der Waals surface area (Å²) in [5.41, 5.74) is -0.226. The summed E-state index contributed by atoms with van der Waals surface area (Å²) >= 11 is 5.89. The number of alkyl halides is 5. The number of nitrogens with one attached hydrogen (secondary N) is 3. The average Bonchev–Trinajstić information content (AvgIpc) is 3.13. The normalized spacial score (nSPS) is 11.6. The molecule has 0 bridgehead atoms. The first-order valence-corrected chi connectivity index (χ1v) is 9.90. The van der Waals surface area contributed by atoms with E-state index in [1.807, 2.05) is 0 Å². The molecule has 3 aromatic rings. The SMILES string of the molecule is Cc1cc(CNC(=O)Nc2cnc(OCC(F)F)c(Cl)c2)nnc1-c1c(C(F)(F)F)n[nH]c1C. The van der Waals surface area contributed by atoms with Gasteiger partial charge in [0.1, 0.15) is 5.02 Å². The van der Waals surface area contributed by atoms with Crippen LogP contribution in [0.2, 0.25) is 5.02 Å². The molecule has 3 aromatic heterocycles. The number of aryl methyl sites for hydroxylation is 2. The highest BCUT2D eigenvalue weighted by molar-refractivity contribution is 6.32. The lowest BCUT2D eigenvalue weighted by molar-refractivity contribution is -0.140. The summed E-state index contributed by atoms with van der Waals surface area (Å²) in [5.74, 6) is -0.208. The molecule has 0 fully saturated rings. The fourth-order valence-corrected chi connectivity index (χ4v) is 3.11. The van der Waals surface area contributed by atoms with Crippen molar-refractivity contribution in [3.05, 3.63) is 46.0 Å². The van der Waals surface area contributed by atoms with E-state index in [1.54, 1.807) is 6.92 Å². The van der Waals surface area contributed by atoms with Gasteiger partial charge < -0.3 is 15.4 Å². The number of amides is 2. The van der Waals surface area contributed by atoms with Crippen LogP contribution in [0.1, 0.15) is 22.6 Å². The Labute approximate surface area is 194 Å². The zero-order valence-corrected chi connectivity index (χ0v) is 18.4. The number of halogens is 6. The number of aromatic nitrogens is 5. The second-order valence-electron chi connectivity index (χ2n) is 6.96. The molecule has 3 heterocycles. The lowest BCUT2D eigenvalue weighted by atomic mass is 10.0. The van der Waals surface area contributed by atoms with Gasteiger partial charge in [0, 0.05) is 5.69 Å². The standard InChI is InChI=1S/C19H17ClF5N7O2/c1-8-3-11(30-31-15(8)14-9(2)29-32-16(14)19(23,24)25)6-27-18(33)28-10-4-12(20)17(26-5-10)34-7-13(21)22/h3-5,13H,6-7H2,1-2H3,(H,29,32)(H2,27,28,33). The van der Waals surface area contributed by atoms with Crippen molar-refractivity contribution < 1.29 is 31.5 Å². The highest BCUT2D eigenvalue weighted by atomic mass is 35.5. The van der Waals surface area contributed by atoms with Crippen molar-refractivity contribution in [2.75, 3.05) is 11.9 Å². The van der Waals surface area contributed by atoms with Crippen molar-refractivity contribution >= 4 is 23.3 Å². The molecule has 0 aliphatic rings. The molecule has 3 N–H and O–H groups in total. The molecule has 9 nitrogen and oxygen atoms in total. The molecule has 34 heavy (non-hydrogen) atoms. The van der Waals surface area contributed by atoms with Gasteiger partial charge in [-0.25, -0.2) is 18.6 Å². The second kappa shape index (κ2) is 10.2. The molecule has 0 aliphatic carbocycles. The van der Waals surface area contributed by atoms with Crippen LogP contribution in [0, 0.1) is 13.8 Å². The topological polar surface area (TPSA) is 118 Å². The Morgan fingerprint density at radius 2 is 1.97 bits per heavy atom. The van der Waals surface area contributed by atoms with E-state index in [2.05, 4.69) is 36.0 Å². The number of hydrogen-bond acceptors (Lipinski definition) is 6. The fourth-order valence-electron chi connectivity index (χ4n) is 2.89. The van der Waals surface area contributed by atoms with Crippen LogP contribution in [0.15, 0.2) is 18.3 Å². The van der Waals surface area contributed by atoms with Crippen LogP contribution >= 0.6 is 11.6 Å². The molecule has 0 aliphatic heterocycles. The number of hydrogen-bond donors (Lipinski definition) is 3. The summed E-state index contributed by atoms with van der Waals surface area (Å²) in [6.07, 6.45) is -6.20. The molecule has 2 amide bonds. The number of rotatable bonds is 7. The monoisotopic (exact) mass is 505 g/mol. The number of carbonyl (C=O) groups excluding carboxylic acids is 1. The molecule has 0 radical (unpaired) electrons. The molecule has 0 spiro atoms. The van der Waals surface area contributed by atoms with Gasteiger partial charge in [0.15, 0.2) is 12.3 Å². The number of nitrogens with zero attached hydrogens (tertiary/aromatic N) is 4. The van der Waals surface area contributed by atoms with Crippen LogP contribution in [0.5, 0.6) is 5.88 Å². The second-order valence-corrected chi connectivity index (χ2v) is 7.37. The maximum Gasteiger partial charge on any atom is 0.435 e. The van der Waals surface area contributed by atoms with Crippen molar-refractivity contribution in [3.8, 4) is 17.1 Å². The Morgan fingerprint density at radius 3 is 2.59 bits per heavy atom. The third-order valence-corrected chi connectivity index (χ3v) is 4.60. The van der Waals surface area contributed by atoms with E-state index >= 15 is 0 Å². The minimum absolute atomic E-state index is 0.0154. The van der Waals surface area contributed by atoms with Crippen molar-refractivity contribution in [2.45, 2.75) is 33.0 Å². The smallest absolute Gasteiger partial charge is 0.435 e. The van der Waals surface area contributed by atoms with E-state index in [0.29, 0.717) is 5.56 Å². The molecule has 15 heteroatoms. The summed E-state index contributed by atoms with van der Waals surface area (Å²) in [4.78, 5) is 15.9. The third-order valence-electron chi connectivity index (χ3n) is 4.33. The zero-order valence-electron chi connectivity index (χ0n) is 17.6. The van der Waals surface area contributed by atoms with Gasteiger partial charge in [-0.3, -0.25) is 5.10 Å². The molecule has 0 saturated heterocycles. The molecule has 3 rings (SSSR count). The highest BCUT2D eigenvalue weighted by Gasteiger charge is 2.38. The lowest BCUT2D eigenvalue weighted by Gasteiger charge is -2.11.